The second-order valence-corrected chi connectivity index (χ2v) is 6.32. The van der Waals surface area contributed by atoms with Crippen molar-refractivity contribution in [2.24, 2.45) is 5.14 Å². The second-order valence-electron chi connectivity index (χ2n) is 4.76. The van der Waals surface area contributed by atoms with E-state index in [4.69, 9.17) is 14.6 Å². The lowest BCUT2D eigenvalue weighted by Gasteiger charge is -2.40. The highest BCUT2D eigenvalue weighted by Crippen LogP contribution is 2.33. The highest BCUT2D eigenvalue weighted by Gasteiger charge is 2.40. The van der Waals surface area contributed by atoms with E-state index in [9.17, 15) is 8.42 Å². The van der Waals surface area contributed by atoms with E-state index in [0.29, 0.717) is 19.0 Å². The predicted molar refractivity (Wildman–Crippen MR) is 72.2 cm³/mol. The molecule has 1 aliphatic rings. The van der Waals surface area contributed by atoms with Gasteiger partial charge < -0.3 is 9.47 Å². The van der Waals surface area contributed by atoms with Gasteiger partial charge in [-0.15, -0.1) is 0 Å². The lowest BCUT2D eigenvalue weighted by Crippen LogP contribution is -2.48. The Morgan fingerprint density at radius 2 is 2.24 bits per heavy atom. The van der Waals surface area contributed by atoms with Crippen LogP contribution in [-0.4, -0.2) is 43.5 Å². The maximum absolute atomic E-state index is 11.3. The summed E-state index contributed by atoms with van der Waals surface area (Å²) in [6.07, 6.45) is 4.11. The van der Waals surface area contributed by atoms with Gasteiger partial charge in [0.1, 0.15) is 10.5 Å². The molecule has 0 radical (unpaired) electrons. The molecular formula is C12H14N4O4S. The zero-order valence-electron chi connectivity index (χ0n) is 11.3. The van der Waals surface area contributed by atoms with E-state index in [1.165, 1.54) is 17.1 Å². The van der Waals surface area contributed by atoms with Crippen LogP contribution in [-0.2, 0) is 25.1 Å². The van der Waals surface area contributed by atoms with Crippen LogP contribution in [0.4, 0.5) is 0 Å². The Labute approximate surface area is 121 Å². The zero-order chi connectivity index (χ0) is 15.1. The SMILES string of the molecule is COC1(c2ccnc(-n3cc(S(N)(=O)=O)cn3)c2)COC1. The van der Waals surface area contributed by atoms with Gasteiger partial charge in [0.05, 0.1) is 25.6 Å². The Bertz CT molecular complexity index is 762. The monoisotopic (exact) mass is 310 g/mol. The van der Waals surface area contributed by atoms with Crippen LogP contribution < -0.4 is 5.14 Å². The molecule has 2 N–H and O–H groups in total. The first-order chi connectivity index (χ1) is 9.94. The van der Waals surface area contributed by atoms with Crippen molar-refractivity contribution in [2.45, 2.75) is 10.5 Å². The standard InChI is InChI=1S/C12H14N4O4S/c1-19-12(7-20-8-12)9-2-3-14-11(4-9)16-6-10(5-15-16)21(13,17)18/h2-6H,7-8H2,1H3,(H2,13,17,18). The molecule has 3 rings (SSSR count). The Morgan fingerprint density at radius 1 is 1.48 bits per heavy atom. The Balaban J connectivity index is 1.98. The first-order valence-electron chi connectivity index (χ1n) is 6.12. The largest absolute Gasteiger partial charge is 0.375 e. The Kier molecular flexibility index (Phi) is 3.29. The van der Waals surface area contributed by atoms with Gasteiger partial charge in [0.15, 0.2) is 5.82 Å². The van der Waals surface area contributed by atoms with Crippen LogP contribution in [0.5, 0.6) is 0 Å². The molecule has 0 unspecified atom stereocenters. The maximum Gasteiger partial charge on any atom is 0.241 e. The van der Waals surface area contributed by atoms with Crippen molar-refractivity contribution in [2.75, 3.05) is 20.3 Å². The van der Waals surface area contributed by atoms with Crippen LogP contribution in [0.3, 0.4) is 0 Å². The number of pyridine rings is 1. The molecule has 1 fully saturated rings. The summed E-state index contributed by atoms with van der Waals surface area (Å²) < 4.78 is 34.6. The van der Waals surface area contributed by atoms with Gasteiger partial charge in [-0.2, -0.15) is 5.10 Å². The van der Waals surface area contributed by atoms with Crippen LogP contribution in [0.25, 0.3) is 5.82 Å². The van der Waals surface area contributed by atoms with Gasteiger partial charge in [-0.05, 0) is 17.7 Å². The van der Waals surface area contributed by atoms with Crippen LogP contribution in [0.2, 0.25) is 0 Å². The van der Waals surface area contributed by atoms with Crippen molar-refractivity contribution in [3.05, 3.63) is 36.3 Å². The molecule has 112 valence electrons. The van der Waals surface area contributed by atoms with E-state index >= 15 is 0 Å². The van der Waals surface area contributed by atoms with Crippen LogP contribution >= 0.6 is 0 Å². The summed E-state index contributed by atoms with van der Waals surface area (Å²) in [5.41, 5.74) is 0.419. The van der Waals surface area contributed by atoms with Gasteiger partial charge in [0.2, 0.25) is 10.0 Å². The minimum Gasteiger partial charge on any atom is -0.375 e. The maximum atomic E-state index is 11.3. The summed E-state index contributed by atoms with van der Waals surface area (Å²) in [4.78, 5) is 4.11. The number of aromatic nitrogens is 3. The van der Waals surface area contributed by atoms with Crippen molar-refractivity contribution in [3.8, 4) is 5.82 Å². The van der Waals surface area contributed by atoms with E-state index in [1.807, 2.05) is 6.07 Å². The summed E-state index contributed by atoms with van der Waals surface area (Å²) in [7, 11) is -2.16. The smallest absolute Gasteiger partial charge is 0.241 e. The van der Waals surface area contributed by atoms with Gasteiger partial charge >= 0.3 is 0 Å². The summed E-state index contributed by atoms with van der Waals surface area (Å²) in [6.45, 7) is 0.934. The molecule has 2 aromatic rings. The Hall–Kier alpha value is -1.81. The first-order valence-corrected chi connectivity index (χ1v) is 7.66. The number of nitrogens with zero attached hydrogens (tertiary/aromatic N) is 3. The van der Waals surface area contributed by atoms with Crippen molar-refractivity contribution >= 4 is 10.0 Å². The summed E-state index contributed by atoms with van der Waals surface area (Å²) >= 11 is 0. The summed E-state index contributed by atoms with van der Waals surface area (Å²) in [6, 6.07) is 3.62. The quantitative estimate of drug-likeness (QED) is 0.836. The molecular weight excluding hydrogens is 296 g/mol. The van der Waals surface area contributed by atoms with Gasteiger partial charge in [-0.1, -0.05) is 0 Å². The number of rotatable bonds is 4. The number of hydrogen-bond donors (Lipinski definition) is 1. The average molecular weight is 310 g/mol. The molecule has 0 aromatic carbocycles. The second kappa shape index (κ2) is 4.88. The average Bonchev–Trinajstić information content (AvgIpc) is 2.88. The van der Waals surface area contributed by atoms with E-state index in [1.54, 1.807) is 19.4 Å². The van der Waals surface area contributed by atoms with Gasteiger partial charge in [0.25, 0.3) is 0 Å². The minimum atomic E-state index is -3.78. The third-order valence-electron chi connectivity index (χ3n) is 3.45. The van der Waals surface area contributed by atoms with Crippen molar-refractivity contribution in [3.63, 3.8) is 0 Å². The molecule has 2 aromatic heterocycles. The number of primary sulfonamides is 1. The molecule has 1 aliphatic heterocycles. The molecule has 9 heteroatoms. The predicted octanol–water partition coefficient (Wildman–Crippen LogP) is -0.213. The van der Waals surface area contributed by atoms with Crippen LogP contribution in [0, 0.1) is 0 Å². The Morgan fingerprint density at radius 3 is 2.76 bits per heavy atom. The number of hydrogen-bond acceptors (Lipinski definition) is 6. The normalized spacial score (nSPS) is 17.4. The minimum absolute atomic E-state index is 0.0665. The molecule has 0 amide bonds. The van der Waals surface area contributed by atoms with E-state index in [0.717, 1.165) is 5.56 Å². The molecule has 0 spiro atoms. The highest BCUT2D eigenvalue weighted by atomic mass is 32.2. The van der Waals surface area contributed by atoms with Crippen molar-refractivity contribution in [1.82, 2.24) is 14.8 Å². The lowest BCUT2D eigenvalue weighted by atomic mass is 9.92. The number of nitrogens with two attached hydrogens (primary N) is 1. The van der Waals surface area contributed by atoms with Crippen molar-refractivity contribution < 1.29 is 17.9 Å². The third-order valence-corrected chi connectivity index (χ3v) is 4.32. The first kappa shape index (κ1) is 14.1. The lowest BCUT2D eigenvalue weighted by molar-refractivity contribution is -0.202. The fourth-order valence-electron chi connectivity index (χ4n) is 2.10. The van der Waals surface area contributed by atoms with Crippen molar-refractivity contribution in [1.29, 1.82) is 0 Å². The highest BCUT2D eigenvalue weighted by molar-refractivity contribution is 7.89. The molecule has 0 atom stereocenters. The van der Waals surface area contributed by atoms with E-state index < -0.39 is 15.6 Å². The third kappa shape index (κ3) is 2.44. The summed E-state index contributed by atoms with van der Waals surface area (Å²) in [5, 5.41) is 9.03. The van der Waals surface area contributed by atoms with Crippen LogP contribution in [0.1, 0.15) is 5.56 Å². The molecule has 21 heavy (non-hydrogen) atoms. The molecule has 0 bridgehead atoms. The number of sulfonamides is 1. The molecule has 1 saturated heterocycles. The van der Waals surface area contributed by atoms with Gasteiger partial charge in [-0.3, -0.25) is 0 Å². The number of ether oxygens (including phenoxy) is 2. The summed E-state index contributed by atoms with van der Waals surface area (Å²) in [5.74, 6) is 0.478. The van der Waals surface area contributed by atoms with Gasteiger partial charge in [-0.25, -0.2) is 23.2 Å². The molecule has 8 nitrogen and oxygen atoms in total. The molecule has 0 aliphatic carbocycles. The zero-order valence-corrected chi connectivity index (χ0v) is 12.1. The van der Waals surface area contributed by atoms with Crippen LogP contribution in [0.15, 0.2) is 35.6 Å². The number of methoxy groups -OCH3 is 1. The molecule has 0 saturated carbocycles. The fourth-order valence-corrected chi connectivity index (χ4v) is 2.54. The fraction of sp³-hybridized carbons (Fsp3) is 0.333. The van der Waals surface area contributed by atoms with E-state index in [-0.39, 0.29) is 4.90 Å². The molecule has 3 heterocycles. The van der Waals surface area contributed by atoms with Gasteiger partial charge in [0, 0.05) is 13.3 Å². The van der Waals surface area contributed by atoms with E-state index in [2.05, 4.69) is 10.1 Å². The topological polar surface area (TPSA) is 109 Å².